The van der Waals surface area contributed by atoms with Crippen LogP contribution in [0.5, 0.6) is 0 Å². The lowest BCUT2D eigenvalue weighted by molar-refractivity contribution is 0.253. The molecule has 3 aromatic rings. The van der Waals surface area contributed by atoms with Gasteiger partial charge in [-0.2, -0.15) is 0 Å². The molecule has 2 heterocycles. The Morgan fingerprint density at radius 1 is 0.808 bits per heavy atom. The molecule has 0 spiro atoms. The van der Waals surface area contributed by atoms with Gasteiger partial charge in [0.15, 0.2) is 0 Å². The van der Waals surface area contributed by atoms with E-state index < -0.39 is 0 Å². The number of fused-ring (bicyclic) bond motifs is 3. The molecule has 0 aliphatic carbocycles. The highest BCUT2D eigenvalue weighted by atomic mass is 15.1. The Bertz CT molecular complexity index is 856. The number of nitrogens with one attached hydrogen (secondary N) is 2. The molecule has 0 amide bonds. The number of pyridine rings is 1. The maximum atomic E-state index is 4.84. The fourth-order valence-corrected chi connectivity index (χ4v) is 3.59. The molecule has 2 N–H and O–H groups in total. The van der Waals surface area contributed by atoms with E-state index >= 15 is 0 Å². The number of hydrogen-bond donors (Lipinski definition) is 2. The van der Waals surface area contributed by atoms with Gasteiger partial charge in [0.2, 0.25) is 0 Å². The molecule has 26 heavy (non-hydrogen) atoms. The highest BCUT2D eigenvalue weighted by Crippen LogP contribution is 2.20. The van der Waals surface area contributed by atoms with E-state index in [4.69, 9.17) is 4.98 Å². The molecule has 0 fully saturated rings. The summed E-state index contributed by atoms with van der Waals surface area (Å²) in [6.45, 7) is 6.60. The zero-order valence-corrected chi connectivity index (χ0v) is 15.1. The van der Waals surface area contributed by atoms with Crippen molar-refractivity contribution in [3.8, 4) is 0 Å². The van der Waals surface area contributed by atoms with Gasteiger partial charge in [-0.05, 0) is 28.5 Å². The molecular weight excluding hydrogens is 320 g/mol. The minimum Gasteiger partial charge on any atom is -0.314 e. The molecule has 2 aromatic carbocycles. The number of aromatic nitrogens is 1. The lowest BCUT2D eigenvalue weighted by Gasteiger charge is -2.24. The summed E-state index contributed by atoms with van der Waals surface area (Å²) in [5.74, 6) is 0. The van der Waals surface area contributed by atoms with Crippen LogP contribution >= 0.6 is 0 Å². The summed E-state index contributed by atoms with van der Waals surface area (Å²) >= 11 is 0. The van der Waals surface area contributed by atoms with Gasteiger partial charge in [-0.3, -0.25) is 9.88 Å². The third kappa shape index (κ3) is 4.28. The average Bonchev–Trinajstić information content (AvgIpc) is 2.67. The molecule has 1 aliphatic heterocycles. The predicted octanol–water partition coefficient (Wildman–Crippen LogP) is 2.93. The zero-order chi connectivity index (χ0) is 17.6. The first-order valence-corrected chi connectivity index (χ1v) is 9.44. The standard InChI is InChI=1S/C22H26N4/c1-2-10-22-18(5-1)6-3-7-19(22)16-26-14-13-23-11-12-24-15-20-8-4-9-21(17-26)25-20/h1-10,23-24H,11-17H2. The maximum Gasteiger partial charge on any atom is 0.0548 e. The van der Waals surface area contributed by atoms with Crippen LogP contribution in [-0.4, -0.2) is 36.1 Å². The first kappa shape index (κ1) is 17.2. The van der Waals surface area contributed by atoms with E-state index in [0.29, 0.717) is 0 Å². The molecule has 4 nitrogen and oxygen atoms in total. The van der Waals surface area contributed by atoms with Crippen LogP contribution in [0.4, 0.5) is 0 Å². The van der Waals surface area contributed by atoms with Crippen molar-refractivity contribution in [3.63, 3.8) is 0 Å². The van der Waals surface area contributed by atoms with Crippen LogP contribution in [0.2, 0.25) is 0 Å². The molecular formula is C22H26N4. The van der Waals surface area contributed by atoms with Gasteiger partial charge in [0, 0.05) is 45.8 Å². The van der Waals surface area contributed by atoms with Crippen LogP contribution in [-0.2, 0) is 19.6 Å². The van der Waals surface area contributed by atoms with Crippen LogP contribution in [0.15, 0.2) is 60.7 Å². The van der Waals surface area contributed by atoms with Crippen LogP contribution in [0.25, 0.3) is 10.8 Å². The van der Waals surface area contributed by atoms with Crippen LogP contribution in [0.3, 0.4) is 0 Å². The van der Waals surface area contributed by atoms with Crippen molar-refractivity contribution in [1.29, 1.82) is 0 Å². The molecule has 4 heteroatoms. The minimum atomic E-state index is 0.832. The summed E-state index contributed by atoms with van der Waals surface area (Å²) in [6, 6.07) is 21.6. The number of hydrogen-bond acceptors (Lipinski definition) is 4. The molecule has 2 bridgehead atoms. The maximum absolute atomic E-state index is 4.84. The Balaban J connectivity index is 1.59. The van der Waals surface area contributed by atoms with Gasteiger partial charge in [-0.25, -0.2) is 0 Å². The molecule has 0 saturated heterocycles. The van der Waals surface area contributed by atoms with Crippen molar-refractivity contribution in [3.05, 3.63) is 77.6 Å². The minimum absolute atomic E-state index is 0.832. The number of rotatable bonds is 2. The van der Waals surface area contributed by atoms with Gasteiger partial charge in [0.1, 0.15) is 0 Å². The zero-order valence-electron chi connectivity index (χ0n) is 15.1. The van der Waals surface area contributed by atoms with Crippen LogP contribution < -0.4 is 10.6 Å². The van der Waals surface area contributed by atoms with Gasteiger partial charge in [-0.1, -0.05) is 48.5 Å². The fourth-order valence-electron chi connectivity index (χ4n) is 3.59. The third-order valence-electron chi connectivity index (χ3n) is 4.91. The van der Waals surface area contributed by atoms with Gasteiger partial charge in [-0.15, -0.1) is 0 Å². The highest BCUT2D eigenvalue weighted by molar-refractivity contribution is 5.85. The van der Waals surface area contributed by atoms with Crippen LogP contribution in [0.1, 0.15) is 17.0 Å². The lowest BCUT2D eigenvalue weighted by atomic mass is 10.0. The summed E-state index contributed by atoms with van der Waals surface area (Å²) < 4.78 is 0. The first-order valence-electron chi connectivity index (χ1n) is 9.44. The number of nitrogens with zero attached hydrogens (tertiary/aromatic N) is 2. The Morgan fingerprint density at radius 3 is 2.62 bits per heavy atom. The molecule has 1 aromatic heterocycles. The molecule has 1 aliphatic rings. The van der Waals surface area contributed by atoms with Crippen molar-refractivity contribution in [2.45, 2.75) is 19.6 Å². The SMILES string of the molecule is c1cc2nc(c1)CN(Cc1cccc3ccccc13)CCNCCNC2. The predicted molar refractivity (Wildman–Crippen MR) is 107 cm³/mol. The Labute approximate surface area is 155 Å². The molecule has 0 saturated carbocycles. The smallest absolute Gasteiger partial charge is 0.0548 e. The van der Waals surface area contributed by atoms with E-state index in [1.54, 1.807) is 0 Å². The van der Waals surface area contributed by atoms with Gasteiger partial charge >= 0.3 is 0 Å². The summed E-state index contributed by atoms with van der Waals surface area (Å²) in [4.78, 5) is 7.33. The highest BCUT2D eigenvalue weighted by Gasteiger charge is 2.11. The molecule has 0 atom stereocenters. The van der Waals surface area contributed by atoms with Crippen molar-refractivity contribution in [2.75, 3.05) is 26.2 Å². The molecule has 4 rings (SSSR count). The normalized spacial score (nSPS) is 16.8. The largest absolute Gasteiger partial charge is 0.314 e. The topological polar surface area (TPSA) is 40.2 Å². The van der Waals surface area contributed by atoms with E-state index in [-0.39, 0.29) is 0 Å². The Hall–Kier alpha value is -2.27. The summed E-state index contributed by atoms with van der Waals surface area (Å²) in [6.07, 6.45) is 0. The lowest BCUT2D eigenvalue weighted by Crippen LogP contribution is -2.35. The summed E-state index contributed by atoms with van der Waals surface area (Å²) in [5.41, 5.74) is 3.64. The monoisotopic (exact) mass is 346 g/mol. The first-order chi connectivity index (χ1) is 12.9. The van der Waals surface area contributed by atoms with Crippen LogP contribution in [0, 0.1) is 0 Å². The second-order valence-electron chi connectivity index (χ2n) is 6.90. The third-order valence-corrected chi connectivity index (χ3v) is 4.91. The van der Waals surface area contributed by atoms with E-state index in [9.17, 15) is 0 Å². The van der Waals surface area contributed by atoms with Crippen molar-refractivity contribution < 1.29 is 0 Å². The van der Waals surface area contributed by atoms with Crippen molar-refractivity contribution in [1.82, 2.24) is 20.5 Å². The Kier molecular flexibility index (Phi) is 5.55. The summed E-state index contributed by atoms with van der Waals surface area (Å²) in [5, 5.41) is 9.64. The second kappa shape index (κ2) is 8.41. The van der Waals surface area contributed by atoms with E-state index in [1.807, 2.05) is 0 Å². The number of benzene rings is 2. The molecule has 0 radical (unpaired) electrons. The van der Waals surface area contributed by atoms with Gasteiger partial charge in [0.05, 0.1) is 11.4 Å². The average molecular weight is 346 g/mol. The van der Waals surface area contributed by atoms with E-state index in [2.05, 4.69) is 76.2 Å². The fraction of sp³-hybridized carbons (Fsp3) is 0.318. The molecule has 134 valence electrons. The second-order valence-corrected chi connectivity index (χ2v) is 6.90. The van der Waals surface area contributed by atoms with Crippen molar-refractivity contribution in [2.24, 2.45) is 0 Å². The van der Waals surface area contributed by atoms with E-state index in [0.717, 1.165) is 57.2 Å². The summed E-state index contributed by atoms with van der Waals surface area (Å²) in [7, 11) is 0. The van der Waals surface area contributed by atoms with Gasteiger partial charge < -0.3 is 10.6 Å². The van der Waals surface area contributed by atoms with E-state index in [1.165, 1.54) is 16.3 Å². The van der Waals surface area contributed by atoms with Gasteiger partial charge in [0.25, 0.3) is 0 Å². The molecule has 0 unspecified atom stereocenters. The van der Waals surface area contributed by atoms with Crippen molar-refractivity contribution >= 4 is 10.8 Å². The Morgan fingerprint density at radius 2 is 1.62 bits per heavy atom. The quantitative estimate of drug-likeness (QED) is 0.748.